The van der Waals surface area contributed by atoms with Gasteiger partial charge in [0.25, 0.3) is 11.8 Å². The molecule has 2 heterocycles. The second-order valence-electron chi connectivity index (χ2n) is 6.78. The van der Waals surface area contributed by atoms with Gasteiger partial charge in [-0.3, -0.25) is 20.4 Å². The van der Waals surface area contributed by atoms with Crippen molar-refractivity contribution in [1.29, 1.82) is 0 Å². The first kappa shape index (κ1) is 23.7. The van der Waals surface area contributed by atoms with Crippen molar-refractivity contribution in [2.75, 3.05) is 26.2 Å². The number of carbonyl (C=O) groups is 3. The minimum absolute atomic E-state index is 0.0217. The number of carboxylic acids is 1. The largest absolute Gasteiger partial charge is 0.480 e. The summed E-state index contributed by atoms with van der Waals surface area (Å²) in [4.78, 5) is 39.6. The van der Waals surface area contributed by atoms with Crippen LogP contribution in [0.25, 0.3) is 0 Å². The Morgan fingerprint density at radius 1 is 1.27 bits per heavy atom. The molecule has 0 saturated carbocycles. The van der Waals surface area contributed by atoms with Crippen LogP contribution < -0.4 is 26.0 Å². The number of aromatic nitrogens is 1. The number of hydrogen-bond donors (Lipinski definition) is 5. The van der Waals surface area contributed by atoms with E-state index in [0.29, 0.717) is 13.1 Å². The first-order valence-corrected chi connectivity index (χ1v) is 10.1. The van der Waals surface area contributed by atoms with E-state index in [1.165, 1.54) is 6.07 Å². The quantitative estimate of drug-likeness (QED) is 0.265. The summed E-state index contributed by atoms with van der Waals surface area (Å²) in [5.74, 6) is -2.13. The number of aliphatic imine (C=N–C) groups is 1. The number of benzene rings is 1. The maximum Gasteiger partial charge on any atom is 0.408 e. The van der Waals surface area contributed by atoms with E-state index in [0.717, 1.165) is 5.56 Å². The lowest BCUT2D eigenvalue weighted by Gasteiger charge is -2.15. The topological polar surface area (TPSA) is 176 Å². The van der Waals surface area contributed by atoms with Crippen molar-refractivity contribution in [2.45, 2.75) is 18.9 Å². The second kappa shape index (κ2) is 12.2. The van der Waals surface area contributed by atoms with Crippen LogP contribution in [0.15, 0.2) is 45.9 Å². The van der Waals surface area contributed by atoms with E-state index in [1.807, 2.05) is 6.07 Å². The molecule has 1 aromatic carbocycles. The summed E-state index contributed by atoms with van der Waals surface area (Å²) in [7, 11) is 0. The lowest BCUT2D eigenvalue weighted by atomic mass is 10.2. The molecule has 1 aromatic heterocycles. The van der Waals surface area contributed by atoms with Gasteiger partial charge in [-0.05, 0) is 10.7 Å². The van der Waals surface area contributed by atoms with E-state index in [-0.39, 0.29) is 31.1 Å². The van der Waals surface area contributed by atoms with Crippen molar-refractivity contribution in [1.82, 2.24) is 26.4 Å². The summed E-state index contributed by atoms with van der Waals surface area (Å²) in [6, 6.07) is 8.77. The fourth-order valence-electron chi connectivity index (χ4n) is 2.67. The molecule has 0 bridgehead atoms. The van der Waals surface area contributed by atoms with Crippen LogP contribution >= 0.6 is 0 Å². The van der Waals surface area contributed by atoms with Crippen LogP contribution in [0.1, 0.15) is 16.1 Å². The molecule has 1 aliphatic rings. The highest BCUT2D eigenvalue weighted by Crippen LogP contribution is 2.11. The van der Waals surface area contributed by atoms with E-state index < -0.39 is 30.6 Å². The zero-order valence-corrected chi connectivity index (χ0v) is 17.5. The molecule has 1 aliphatic heterocycles. The normalized spacial score (nSPS) is 15.6. The van der Waals surface area contributed by atoms with Crippen LogP contribution in [0.3, 0.4) is 0 Å². The first-order valence-electron chi connectivity index (χ1n) is 10.1. The number of amides is 2. The van der Waals surface area contributed by atoms with Crippen molar-refractivity contribution < 1.29 is 33.5 Å². The molecule has 0 radical (unpaired) electrons. The molecule has 0 aliphatic carbocycles. The van der Waals surface area contributed by atoms with Gasteiger partial charge in [-0.25, -0.2) is 9.59 Å². The maximum absolute atomic E-state index is 12.2. The molecule has 0 spiro atoms. The van der Waals surface area contributed by atoms with Gasteiger partial charge in [-0.15, -0.1) is 0 Å². The Hall–Kier alpha value is -3.97. The molecule has 2 amide bonds. The molecule has 13 heteroatoms. The first-order chi connectivity index (χ1) is 16.0. The number of nitrogens with one attached hydrogen (secondary N) is 4. The molecular weight excluding hydrogens is 436 g/mol. The Morgan fingerprint density at radius 2 is 2.09 bits per heavy atom. The van der Waals surface area contributed by atoms with E-state index in [1.54, 1.807) is 30.5 Å². The Balaban J connectivity index is 1.38. The Labute approximate surface area is 188 Å². The Kier molecular flexibility index (Phi) is 8.73. The fraction of sp³-hybridized carbons (Fsp3) is 0.350. The molecule has 2 aromatic rings. The summed E-state index contributed by atoms with van der Waals surface area (Å²) in [6.45, 7) is 1.02. The van der Waals surface area contributed by atoms with Gasteiger partial charge in [0.2, 0.25) is 5.76 Å². The number of nitrogens with zero attached hydrogens (tertiary/aromatic N) is 2. The lowest BCUT2D eigenvalue weighted by Crippen LogP contribution is -2.48. The van der Waals surface area contributed by atoms with Gasteiger partial charge in [-0.1, -0.05) is 30.3 Å². The van der Waals surface area contributed by atoms with E-state index in [2.05, 4.69) is 31.4 Å². The molecule has 13 nitrogen and oxygen atoms in total. The molecule has 33 heavy (non-hydrogen) atoms. The molecular formula is C20H24N6O7. The van der Waals surface area contributed by atoms with Crippen LogP contribution in [-0.2, 0) is 16.1 Å². The van der Waals surface area contributed by atoms with Crippen molar-refractivity contribution in [3.8, 4) is 5.88 Å². The molecule has 176 valence electrons. The SMILES string of the molecule is O=C(NC(CNC(=O)c1cc(OCCN[C@H]2N=CCN2)no1)C(=O)O)OCc1ccccc1. The third kappa shape index (κ3) is 7.90. The number of aliphatic carboxylic acids is 1. The monoisotopic (exact) mass is 460 g/mol. The smallest absolute Gasteiger partial charge is 0.408 e. The molecule has 0 saturated heterocycles. The molecule has 3 rings (SSSR count). The standard InChI is InChI=1S/C20H24N6O7/c27-17(15-10-16(26-33-15)31-9-8-23-19-21-6-7-22-19)24-11-14(18(28)29)25-20(30)32-12-13-4-2-1-3-5-13/h1-6,10,14,19,22-23H,7-9,11-12H2,(H,24,27)(H,25,30)(H,28,29)/t14?,19-/m0/s1. The zero-order chi connectivity index (χ0) is 23.5. The predicted molar refractivity (Wildman–Crippen MR) is 114 cm³/mol. The van der Waals surface area contributed by atoms with Gasteiger partial charge in [0.15, 0.2) is 6.29 Å². The number of hydrogen-bond acceptors (Lipinski definition) is 10. The maximum atomic E-state index is 12.2. The van der Waals surface area contributed by atoms with Crippen molar-refractivity contribution >= 4 is 24.2 Å². The average molecular weight is 460 g/mol. The third-order valence-electron chi connectivity index (χ3n) is 4.33. The van der Waals surface area contributed by atoms with Crippen LogP contribution in [0, 0.1) is 0 Å². The summed E-state index contributed by atoms with van der Waals surface area (Å²) in [5, 5.41) is 23.6. The average Bonchev–Trinajstić information content (AvgIpc) is 3.51. The van der Waals surface area contributed by atoms with Crippen molar-refractivity contribution in [3.05, 3.63) is 47.7 Å². The van der Waals surface area contributed by atoms with Crippen molar-refractivity contribution in [2.24, 2.45) is 4.99 Å². The van der Waals surface area contributed by atoms with E-state index >= 15 is 0 Å². The van der Waals surface area contributed by atoms with Gasteiger partial charge in [-0.2, -0.15) is 0 Å². The number of rotatable bonds is 12. The predicted octanol–water partition coefficient (Wildman–Crippen LogP) is -0.290. The van der Waals surface area contributed by atoms with Gasteiger partial charge >= 0.3 is 12.1 Å². The van der Waals surface area contributed by atoms with Crippen molar-refractivity contribution in [3.63, 3.8) is 0 Å². The molecule has 2 atom stereocenters. The number of carbonyl (C=O) groups excluding carboxylic acids is 2. The number of alkyl carbamates (subject to hydrolysis) is 1. The minimum atomic E-state index is -1.41. The lowest BCUT2D eigenvalue weighted by molar-refractivity contribution is -0.139. The van der Waals surface area contributed by atoms with Crippen LogP contribution in [0.2, 0.25) is 0 Å². The van der Waals surface area contributed by atoms with E-state index in [9.17, 15) is 19.5 Å². The zero-order valence-electron chi connectivity index (χ0n) is 17.5. The number of ether oxygens (including phenoxy) is 2. The summed E-state index contributed by atoms with van der Waals surface area (Å²) < 4.78 is 15.3. The number of carboxylic acid groups (broad SMARTS) is 1. The highest BCUT2D eigenvalue weighted by Gasteiger charge is 2.23. The Bertz CT molecular complexity index is 965. The second-order valence-corrected chi connectivity index (χ2v) is 6.78. The highest BCUT2D eigenvalue weighted by atomic mass is 16.5. The molecule has 0 fully saturated rings. The summed E-state index contributed by atoms with van der Waals surface area (Å²) in [5.41, 5.74) is 0.746. The third-order valence-corrected chi connectivity index (χ3v) is 4.33. The minimum Gasteiger partial charge on any atom is -0.480 e. The van der Waals surface area contributed by atoms with Crippen LogP contribution in [-0.4, -0.2) is 73.0 Å². The van der Waals surface area contributed by atoms with Gasteiger partial charge in [0, 0.05) is 25.8 Å². The van der Waals surface area contributed by atoms with Gasteiger partial charge in [0.1, 0.15) is 19.3 Å². The van der Waals surface area contributed by atoms with Gasteiger partial charge in [0.05, 0.1) is 6.07 Å². The molecule has 5 N–H and O–H groups in total. The summed E-state index contributed by atoms with van der Waals surface area (Å²) >= 11 is 0. The summed E-state index contributed by atoms with van der Waals surface area (Å²) in [6.07, 6.45) is 0.681. The molecule has 1 unspecified atom stereocenters. The van der Waals surface area contributed by atoms with E-state index in [4.69, 9.17) is 14.0 Å². The highest BCUT2D eigenvalue weighted by molar-refractivity contribution is 5.92. The fourth-order valence-corrected chi connectivity index (χ4v) is 2.67. The van der Waals surface area contributed by atoms with Crippen LogP contribution in [0.4, 0.5) is 4.79 Å². The van der Waals surface area contributed by atoms with Gasteiger partial charge < -0.3 is 29.7 Å². The Morgan fingerprint density at radius 3 is 2.82 bits per heavy atom. The van der Waals surface area contributed by atoms with Crippen LogP contribution in [0.5, 0.6) is 5.88 Å².